The van der Waals surface area contributed by atoms with Crippen molar-refractivity contribution in [1.29, 1.82) is 0 Å². The molecule has 1 aromatic heterocycles. The Bertz CT molecular complexity index is 386. The predicted molar refractivity (Wildman–Crippen MR) is 69.5 cm³/mol. The van der Waals surface area contributed by atoms with Crippen molar-refractivity contribution in [1.82, 2.24) is 15.2 Å². The molecule has 0 atom stereocenters. The molecule has 4 nitrogen and oxygen atoms in total. The first-order chi connectivity index (χ1) is 8.81. The Morgan fingerprint density at radius 3 is 2.61 bits per heavy atom. The zero-order valence-corrected chi connectivity index (χ0v) is 11.2. The van der Waals surface area contributed by atoms with Crippen LogP contribution in [-0.4, -0.2) is 27.9 Å². The quantitative estimate of drug-likeness (QED) is 0.892. The second kappa shape index (κ2) is 5.00. The van der Waals surface area contributed by atoms with Gasteiger partial charge in [0.25, 0.3) is 0 Å². The third kappa shape index (κ3) is 2.30. The molecule has 3 rings (SSSR count). The molecule has 100 valence electrons. The number of hydrogen-bond donors (Lipinski definition) is 1. The molecule has 1 heterocycles. The van der Waals surface area contributed by atoms with Crippen LogP contribution in [0.2, 0.25) is 0 Å². The van der Waals surface area contributed by atoms with E-state index in [1.807, 2.05) is 7.11 Å². The van der Waals surface area contributed by atoms with Crippen LogP contribution in [-0.2, 0) is 11.2 Å². The topological polar surface area (TPSA) is 50.8 Å². The van der Waals surface area contributed by atoms with Crippen molar-refractivity contribution >= 4 is 0 Å². The lowest BCUT2D eigenvalue weighted by atomic mass is 9.77. The number of nitrogens with one attached hydrogen (secondary N) is 1. The number of hydrogen-bond acceptors (Lipinski definition) is 3. The molecule has 2 saturated carbocycles. The van der Waals surface area contributed by atoms with Crippen LogP contribution in [0.3, 0.4) is 0 Å². The smallest absolute Gasteiger partial charge is 0.153 e. The van der Waals surface area contributed by atoms with E-state index in [-0.39, 0.29) is 5.60 Å². The summed E-state index contributed by atoms with van der Waals surface area (Å²) in [7, 11) is 1.82. The molecule has 2 aliphatic rings. The lowest BCUT2D eigenvalue weighted by Gasteiger charge is -2.39. The van der Waals surface area contributed by atoms with E-state index in [1.165, 1.54) is 38.5 Å². The Kier molecular flexibility index (Phi) is 3.37. The van der Waals surface area contributed by atoms with Crippen molar-refractivity contribution in [2.75, 3.05) is 7.11 Å². The van der Waals surface area contributed by atoms with Gasteiger partial charge >= 0.3 is 0 Å². The number of H-pyrrole nitrogens is 1. The summed E-state index contributed by atoms with van der Waals surface area (Å²) in [4.78, 5) is 4.70. The van der Waals surface area contributed by atoms with Crippen molar-refractivity contribution in [3.8, 4) is 0 Å². The summed E-state index contributed by atoms with van der Waals surface area (Å²) >= 11 is 0. The largest absolute Gasteiger partial charge is 0.378 e. The summed E-state index contributed by atoms with van der Waals surface area (Å²) in [5.74, 6) is 2.64. The van der Waals surface area contributed by atoms with Crippen LogP contribution in [0.5, 0.6) is 0 Å². The molecule has 0 spiro atoms. The number of aromatic amines is 1. The molecule has 2 aliphatic carbocycles. The zero-order chi connectivity index (χ0) is 12.4. The first-order valence-electron chi connectivity index (χ1n) is 7.28. The maximum absolute atomic E-state index is 5.64. The Morgan fingerprint density at radius 1 is 1.22 bits per heavy atom. The number of aromatic nitrogens is 3. The molecule has 1 aromatic rings. The number of rotatable bonds is 4. The first-order valence-corrected chi connectivity index (χ1v) is 7.28. The summed E-state index contributed by atoms with van der Waals surface area (Å²) in [6, 6.07) is 0. The zero-order valence-electron chi connectivity index (χ0n) is 11.2. The predicted octanol–water partition coefficient (Wildman–Crippen LogP) is 2.96. The minimum Gasteiger partial charge on any atom is -0.378 e. The standard InChI is InChI=1S/C14H23N3O/c1-18-14(8-5-9-14)10-12-15-13(17-16-12)11-6-3-2-4-7-11/h11H,2-10H2,1H3,(H,15,16,17). The maximum Gasteiger partial charge on any atom is 0.153 e. The fraction of sp³-hybridized carbons (Fsp3) is 0.857. The molecule has 2 fully saturated rings. The van der Waals surface area contributed by atoms with Gasteiger partial charge in [0.05, 0.1) is 5.60 Å². The van der Waals surface area contributed by atoms with E-state index in [4.69, 9.17) is 9.72 Å². The normalized spacial score (nSPS) is 23.8. The van der Waals surface area contributed by atoms with Crippen molar-refractivity contribution < 1.29 is 4.74 Å². The van der Waals surface area contributed by atoms with E-state index in [9.17, 15) is 0 Å². The summed E-state index contributed by atoms with van der Waals surface area (Å²) in [5, 5.41) is 7.55. The van der Waals surface area contributed by atoms with Crippen LogP contribution in [0.1, 0.15) is 68.9 Å². The molecular formula is C14H23N3O. The minimum atomic E-state index is 0.0450. The maximum atomic E-state index is 5.64. The minimum absolute atomic E-state index is 0.0450. The molecule has 0 aliphatic heterocycles. The third-order valence-corrected chi connectivity index (χ3v) is 4.71. The van der Waals surface area contributed by atoms with E-state index < -0.39 is 0 Å². The molecule has 0 radical (unpaired) electrons. The van der Waals surface area contributed by atoms with Gasteiger partial charge in [0.2, 0.25) is 0 Å². The van der Waals surface area contributed by atoms with Crippen LogP contribution >= 0.6 is 0 Å². The van der Waals surface area contributed by atoms with Crippen molar-refractivity contribution in [3.05, 3.63) is 11.6 Å². The molecule has 18 heavy (non-hydrogen) atoms. The molecule has 0 aromatic carbocycles. The Morgan fingerprint density at radius 2 is 2.00 bits per heavy atom. The Labute approximate surface area is 109 Å². The summed E-state index contributed by atoms with van der Waals surface area (Å²) < 4.78 is 5.64. The Hall–Kier alpha value is -0.900. The second-order valence-corrected chi connectivity index (χ2v) is 5.89. The van der Waals surface area contributed by atoms with Crippen LogP contribution in [0, 0.1) is 0 Å². The summed E-state index contributed by atoms with van der Waals surface area (Å²) in [6.07, 6.45) is 11.0. The average molecular weight is 249 g/mol. The lowest BCUT2D eigenvalue weighted by molar-refractivity contribution is -0.0720. The van der Waals surface area contributed by atoms with Crippen LogP contribution in [0.4, 0.5) is 0 Å². The van der Waals surface area contributed by atoms with Gasteiger partial charge in [0.15, 0.2) is 5.82 Å². The molecule has 0 unspecified atom stereocenters. The fourth-order valence-electron chi connectivity index (χ4n) is 3.26. The van der Waals surface area contributed by atoms with Crippen LogP contribution in [0.15, 0.2) is 0 Å². The van der Waals surface area contributed by atoms with Gasteiger partial charge in [-0.05, 0) is 32.1 Å². The van der Waals surface area contributed by atoms with Gasteiger partial charge in [-0.2, -0.15) is 5.10 Å². The van der Waals surface area contributed by atoms with Crippen molar-refractivity contribution in [2.24, 2.45) is 0 Å². The van der Waals surface area contributed by atoms with Crippen molar-refractivity contribution in [2.45, 2.75) is 69.3 Å². The highest BCUT2D eigenvalue weighted by atomic mass is 16.5. The van der Waals surface area contributed by atoms with Gasteiger partial charge in [0.1, 0.15) is 5.82 Å². The fourth-order valence-corrected chi connectivity index (χ4v) is 3.26. The van der Waals surface area contributed by atoms with E-state index in [1.54, 1.807) is 0 Å². The summed E-state index contributed by atoms with van der Waals surface area (Å²) in [5.41, 5.74) is 0.0450. The van der Waals surface area contributed by atoms with Gasteiger partial charge in [-0.1, -0.05) is 19.3 Å². The number of ether oxygens (including phenoxy) is 1. The van der Waals surface area contributed by atoms with Gasteiger partial charge in [-0.3, -0.25) is 5.10 Å². The molecule has 0 amide bonds. The van der Waals surface area contributed by atoms with E-state index in [0.29, 0.717) is 5.92 Å². The highest BCUT2D eigenvalue weighted by molar-refractivity contribution is 5.04. The first kappa shape index (κ1) is 12.2. The van der Waals surface area contributed by atoms with Crippen molar-refractivity contribution in [3.63, 3.8) is 0 Å². The second-order valence-electron chi connectivity index (χ2n) is 5.89. The molecule has 0 saturated heterocycles. The van der Waals surface area contributed by atoms with Gasteiger partial charge in [0, 0.05) is 19.4 Å². The monoisotopic (exact) mass is 249 g/mol. The van der Waals surface area contributed by atoms with E-state index in [2.05, 4.69) is 10.2 Å². The van der Waals surface area contributed by atoms with Gasteiger partial charge < -0.3 is 4.74 Å². The highest BCUT2D eigenvalue weighted by Gasteiger charge is 2.38. The van der Waals surface area contributed by atoms with Gasteiger partial charge in [-0.25, -0.2) is 4.98 Å². The molecule has 0 bridgehead atoms. The highest BCUT2D eigenvalue weighted by Crippen LogP contribution is 2.37. The lowest BCUT2D eigenvalue weighted by Crippen LogP contribution is -2.41. The van der Waals surface area contributed by atoms with Crippen LogP contribution in [0.25, 0.3) is 0 Å². The average Bonchev–Trinajstić information content (AvgIpc) is 2.83. The molecule has 4 heteroatoms. The number of methoxy groups -OCH3 is 1. The van der Waals surface area contributed by atoms with E-state index >= 15 is 0 Å². The Balaban J connectivity index is 1.65. The van der Waals surface area contributed by atoms with E-state index in [0.717, 1.165) is 30.9 Å². The molecular weight excluding hydrogens is 226 g/mol. The summed E-state index contributed by atoms with van der Waals surface area (Å²) in [6.45, 7) is 0. The van der Waals surface area contributed by atoms with Crippen LogP contribution < -0.4 is 0 Å². The third-order valence-electron chi connectivity index (χ3n) is 4.71. The number of nitrogens with zero attached hydrogens (tertiary/aromatic N) is 2. The molecule has 1 N–H and O–H groups in total. The van der Waals surface area contributed by atoms with Gasteiger partial charge in [-0.15, -0.1) is 0 Å². The SMILES string of the molecule is COC1(Cc2nc(C3CCCCC3)n[nH]2)CCC1.